The number of halogens is 1. The number of hydrogen-bond acceptors (Lipinski definition) is 4. The van der Waals surface area contributed by atoms with Gasteiger partial charge in [0.25, 0.3) is 0 Å². The zero-order valence-corrected chi connectivity index (χ0v) is 22.3. The second kappa shape index (κ2) is 13.4. The minimum Gasteiger partial charge on any atom is -0.490 e. The Labute approximate surface area is 204 Å². The standard InChI is InChI=1S/C23H37N5O2.HI/c1-8-29-20-11-10-18(14-21(20)30-9-2)12-13-25-23(24-5)27(6)15-19-16-28(7)26-22(19)17(3)4;/h10-11,14,16-17H,8-9,12-13,15H2,1-7H3,(H,24,25);1H. The molecule has 0 atom stereocenters. The van der Waals surface area contributed by atoms with E-state index in [1.54, 1.807) is 0 Å². The molecule has 1 aromatic heterocycles. The van der Waals surface area contributed by atoms with Crippen molar-refractivity contribution in [2.45, 2.75) is 46.6 Å². The first-order valence-corrected chi connectivity index (χ1v) is 10.7. The molecule has 0 aliphatic carbocycles. The van der Waals surface area contributed by atoms with Gasteiger partial charge >= 0.3 is 0 Å². The number of nitrogens with zero attached hydrogens (tertiary/aromatic N) is 4. The second-order valence-electron chi connectivity index (χ2n) is 7.60. The van der Waals surface area contributed by atoms with Gasteiger partial charge < -0.3 is 19.7 Å². The third kappa shape index (κ3) is 7.90. The average molecular weight is 543 g/mol. The van der Waals surface area contributed by atoms with Gasteiger partial charge in [-0.25, -0.2) is 0 Å². The third-order valence-corrected chi connectivity index (χ3v) is 4.77. The Bertz CT molecular complexity index is 835. The van der Waals surface area contributed by atoms with Gasteiger partial charge in [0.2, 0.25) is 0 Å². The molecule has 1 aromatic carbocycles. The highest BCUT2D eigenvalue weighted by Gasteiger charge is 2.15. The van der Waals surface area contributed by atoms with Gasteiger partial charge in [-0.05, 0) is 43.9 Å². The summed E-state index contributed by atoms with van der Waals surface area (Å²) in [6.45, 7) is 11.1. The first-order chi connectivity index (χ1) is 14.4. The van der Waals surface area contributed by atoms with Crippen LogP contribution < -0.4 is 14.8 Å². The van der Waals surface area contributed by atoms with Crippen molar-refractivity contribution in [3.05, 3.63) is 41.2 Å². The molecule has 174 valence electrons. The summed E-state index contributed by atoms with van der Waals surface area (Å²) in [5.74, 6) is 2.86. The van der Waals surface area contributed by atoms with E-state index in [0.29, 0.717) is 19.1 Å². The molecule has 0 fully saturated rings. The molecule has 7 nitrogen and oxygen atoms in total. The molecule has 2 aromatic rings. The summed E-state index contributed by atoms with van der Waals surface area (Å²) in [7, 11) is 5.84. The Hall–Kier alpha value is -1.97. The summed E-state index contributed by atoms with van der Waals surface area (Å²) in [5, 5.41) is 8.06. The van der Waals surface area contributed by atoms with Crippen molar-refractivity contribution in [1.82, 2.24) is 20.0 Å². The summed E-state index contributed by atoms with van der Waals surface area (Å²) in [6, 6.07) is 6.14. The Morgan fingerprint density at radius 3 is 2.48 bits per heavy atom. The van der Waals surface area contributed by atoms with Crippen molar-refractivity contribution in [2.24, 2.45) is 12.0 Å². The van der Waals surface area contributed by atoms with Crippen LogP contribution in [0.2, 0.25) is 0 Å². The van der Waals surface area contributed by atoms with Crippen molar-refractivity contribution in [3.63, 3.8) is 0 Å². The zero-order valence-electron chi connectivity index (χ0n) is 19.9. The lowest BCUT2D eigenvalue weighted by atomic mass is 10.1. The Morgan fingerprint density at radius 2 is 1.87 bits per heavy atom. The van der Waals surface area contributed by atoms with Crippen molar-refractivity contribution in [2.75, 3.05) is 33.9 Å². The van der Waals surface area contributed by atoms with E-state index >= 15 is 0 Å². The SMILES string of the molecule is CCOc1ccc(CCNC(=NC)N(C)Cc2cn(C)nc2C(C)C)cc1OCC.I. The monoisotopic (exact) mass is 543 g/mol. The normalized spacial score (nSPS) is 11.3. The average Bonchev–Trinajstić information content (AvgIpc) is 3.07. The lowest BCUT2D eigenvalue weighted by molar-refractivity contribution is 0.287. The number of nitrogens with one attached hydrogen (secondary N) is 1. The number of hydrogen-bond donors (Lipinski definition) is 1. The fraction of sp³-hybridized carbons (Fsp3) is 0.565. The second-order valence-corrected chi connectivity index (χ2v) is 7.60. The molecule has 0 aliphatic heterocycles. The molecule has 0 bridgehead atoms. The number of ether oxygens (including phenoxy) is 2. The van der Waals surface area contributed by atoms with E-state index in [4.69, 9.17) is 9.47 Å². The van der Waals surface area contributed by atoms with Gasteiger partial charge in [0.05, 0.1) is 18.9 Å². The highest BCUT2D eigenvalue weighted by molar-refractivity contribution is 14.0. The van der Waals surface area contributed by atoms with E-state index in [1.807, 2.05) is 38.7 Å². The van der Waals surface area contributed by atoms with Gasteiger partial charge in [-0.3, -0.25) is 9.67 Å². The number of aliphatic imine (C=N–C) groups is 1. The van der Waals surface area contributed by atoms with Crippen LogP contribution in [0.4, 0.5) is 0 Å². The lowest BCUT2D eigenvalue weighted by Crippen LogP contribution is -2.39. The molecule has 1 heterocycles. The largest absolute Gasteiger partial charge is 0.490 e. The number of rotatable bonds is 10. The van der Waals surface area contributed by atoms with Crippen molar-refractivity contribution in [1.29, 1.82) is 0 Å². The summed E-state index contributed by atoms with van der Waals surface area (Å²) in [5.41, 5.74) is 3.56. The van der Waals surface area contributed by atoms with Crippen molar-refractivity contribution < 1.29 is 9.47 Å². The van der Waals surface area contributed by atoms with E-state index in [-0.39, 0.29) is 24.0 Å². The van der Waals surface area contributed by atoms with E-state index in [9.17, 15) is 0 Å². The van der Waals surface area contributed by atoms with Crippen LogP contribution in [0.3, 0.4) is 0 Å². The van der Waals surface area contributed by atoms with Crippen molar-refractivity contribution in [3.8, 4) is 11.5 Å². The van der Waals surface area contributed by atoms with Crippen LogP contribution in [0.5, 0.6) is 11.5 Å². The fourth-order valence-corrected chi connectivity index (χ4v) is 3.45. The minimum absolute atomic E-state index is 0. The summed E-state index contributed by atoms with van der Waals surface area (Å²) >= 11 is 0. The molecule has 0 unspecified atom stereocenters. The highest BCUT2D eigenvalue weighted by atomic mass is 127. The van der Waals surface area contributed by atoms with Gasteiger partial charge in [0.15, 0.2) is 17.5 Å². The molecule has 0 saturated heterocycles. The maximum Gasteiger partial charge on any atom is 0.193 e. The number of aryl methyl sites for hydroxylation is 1. The van der Waals surface area contributed by atoms with Crippen LogP contribution in [0, 0.1) is 0 Å². The molecule has 31 heavy (non-hydrogen) atoms. The number of guanidine groups is 1. The summed E-state index contributed by atoms with van der Waals surface area (Å²) in [4.78, 5) is 6.57. The van der Waals surface area contributed by atoms with Gasteiger partial charge in [-0.2, -0.15) is 5.10 Å². The van der Waals surface area contributed by atoms with Crippen molar-refractivity contribution >= 4 is 29.9 Å². The van der Waals surface area contributed by atoms with Crippen LogP contribution >= 0.6 is 24.0 Å². The van der Waals surface area contributed by atoms with Crippen LogP contribution in [0.15, 0.2) is 29.4 Å². The van der Waals surface area contributed by atoms with Crippen LogP contribution in [0.25, 0.3) is 0 Å². The highest BCUT2D eigenvalue weighted by Crippen LogP contribution is 2.28. The smallest absolute Gasteiger partial charge is 0.193 e. The zero-order chi connectivity index (χ0) is 22.1. The molecule has 0 saturated carbocycles. The quantitative estimate of drug-likeness (QED) is 0.277. The van der Waals surface area contributed by atoms with Gasteiger partial charge in [0.1, 0.15) is 0 Å². The van der Waals surface area contributed by atoms with E-state index in [1.165, 1.54) is 11.1 Å². The molecule has 2 rings (SSSR count). The fourth-order valence-electron chi connectivity index (χ4n) is 3.45. The molecular weight excluding hydrogens is 505 g/mol. The topological polar surface area (TPSA) is 63.9 Å². The minimum atomic E-state index is 0. The molecule has 0 radical (unpaired) electrons. The van der Waals surface area contributed by atoms with E-state index < -0.39 is 0 Å². The predicted octanol–water partition coefficient (Wildman–Crippen LogP) is 4.21. The summed E-state index contributed by atoms with van der Waals surface area (Å²) < 4.78 is 13.3. The van der Waals surface area contributed by atoms with Gasteiger partial charge in [-0.15, -0.1) is 24.0 Å². The predicted molar refractivity (Wildman–Crippen MR) is 138 cm³/mol. The third-order valence-electron chi connectivity index (χ3n) is 4.77. The first-order valence-electron chi connectivity index (χ1n) is 10.7. The maximum atomic E-state index is 5.73. The van der Waals surface area contributed by atoms with E-state index in [2.05, 4.69) is 59.5 Å². The van der Waals surface area contributed by atoms with Crippen LogP contribution in [-0.4, -0.2) is 54.5 Å². The van der Waals surface area contributed by atoms with Gasteiger partial charge in [0, 0.05) is 46.0 Å². The van der Waals surface area contributed by atoms with Gasteiger partial charge in [-0.1, -0.05) is 19.9 Å². The molecule has 8 heteroatoms. The molecular formula is C23H38IN5O2. The van der Waals surface area contributed by atoms with Crippen LogP contribution in [0.1, 0.15) is 50.4 Å². The van der Waals surface area contributed by atoms with Crippen LogP contribution in [-0.2, 0) is 20.0 Å². The first kappa shape index (κ1) is 27.1. The maximum absolute atomic E-state index is 5.73. The van der Waals surface area contributed by atoms with E-state index in [0.717, 1.165) is 42.7 Å². The molecule has 0 amide bonds. The number of aromatic nitrogens is 2. The number of benzene rings is 1. The molecule has 1 N–H and O–H groups in total. The Balaban J connectivity index is 0.00000480. The lowest BCUT2D eigenvalue weighted by Gasteiger charge is -2.22. The Kier molecular flexibility index (Phi) is 11.7. The molecule has 0 aliphatic rings. The Morgan fingerprint density at radius 1 is 1.19 bits per heavy atom. The summed E-state index contributed by atoms with van der Waals surface area (Å²) in [6.07, 6.45) is 2.96. The molecule has 0 spiro atoms.